The first-order valence-electron chi connectivity index (χ1n) is 7.38. The normalized spacial score (nSPS) is 12.4. The van der Waals surface area contributed by atoms with Crippen molar-refractivity contribution in [1.29, 1.82) is 0 Å². The number of benzene rings is 1. The van der Waals surface area contributed by atoms with Gasteiger partial charge in [0.05, 0.1) is 12.8 Å². The van der Waals surface area contributed by atoms with Crippen molar-refractivity contribution in [3.05, 3.63) is 29.8 Å². The topological polar surface area (TPSA) is 111 Å². The fourth-order valence-electron chi connectivity index (χ4n) is 1.67. The van der Waals surface area contributed by atoms with Gasteiger partial charge in [0.2, 0.25) is 9.84 Å². The van der Waals surface area contributed by atoms with Crippen LogP contribution in [0.25, 0.3) is 0 Å². The minimum atomic E-state index is -4.35. The molecule has 0 aromatic heterocycles. The van der Waals surface area contributed by atoms with E-state index in [2.05, 4.69) is 15.3 Å². The second kappa shape index (κ2) is 8.11. The van der Waals surface area contributed by atoms with Crippen LogP contribution in [0, 0.1) is 6.92 Å². The van der Waals surface area contributed by atoms with Crippen LogP contribution in [0.15, 0.2) is 29.4 Å². The quantitative estimate of drug-likeness (QED) is 0.371. The predicted octanol–water partition coefficient (Wildman–Crippen LogP) is 1.65. The van der Waals surface area contributed by atoms with Crippen molar-refractivity contribution < 1.29 is 27.5 Å². The van der Waals surface area contributed by atoms with Crippen molar-refractivity contribution >= 4 is 32.5 Å². The Balaban J connectivity index is 3.03. The summed E-state index contributed by atoms with van der Waals surface area (Å²) in [6, 6.07) is 6.89. The molecule has 25 heavy (non-hydrogen) atoms. The zero-order valence-electron chi connectivity index (χ0n) is 14.8. The number of nitrogens with zero attached hydrogens (tertiary/aromatic N) is 1. The number of aryl methyl sites for hydroxylation is 1. The van der Waals surface area contributed by atoms with Gasteiger partial charge in [0, 0.05) is 0 Å². The summed E-state index contributed by atoms with van der Waals surface area (Å²) in [6.45, 7) is 6.70. The fourth-order valence-corrected chi connectivity index (χ4v) is 2.70. The van der Waals surface area contributed by atoms with Gasteiger partial charge in [0.25, 0.3) is 5.04 Å². The number of esters is 2. The van der Waals surface area contributed by atoms with E-state index in [4.69, 9.17) is 4.74 Å². The van der Waals surface area contributed by atoms with E-state index in [9.17, 15) is 18.0 Å². The first-order chi connectivity index (χ1) is 11.4. The third-order valence-corrected chi connectivity index (χ3v) is 4.18. The number of sulfone groups is 1. The van der Waals surface area contributed by atoms with Gasteiger partial charge in [-0.05, 0) is 39.8 Å². The van der Waals surface area contributed by atoms with Crippen molar-refractivity contribution in [3.8, 4) is 0 Å². The van der Waals surface area contributed by atoms with E-state index in [0.29, 0.717) is 5.69 Å². The second-order valence-corrected chi connectivity index (χ2v) is 8.14. The summed E-state index contributed by atoms with van der Waals surface area (Å²) >= 11 is 0. The molecule has 8 nitrogen and oxygen atoms in total. The number of ether oxygens (including phenoxy) is 2. The summed E-state index contributed by atoms with van der Waals surface area (Å²) in [7, 11) is -3.32. The summed E-state index contributed by atoms with van der Waals surface area (Å²) in [5, 5.41) is 2.71. The molecule has 0 bridgehead atoms. The highest BCUT2D eigenvalue weighted by Gasteiger charge is 2.33. The Morgan fingerprint density at radius 3 is 2.20 bits per heavy atom. The van der Waals surface area contributed by atoms with Crippen molar-refractivity contribution in [2.24, 2.45) is 5.10 Å². The standard InChI is InChI=1S/C16H22N2O6S/c1-11-6-8-12(9-7-11)17-18-14(15(20)23-5)25(21,22)10-13(19)24-16(2,3)4/h6-9,17H,10H2,1-5H3/b18-14-. The zero-order chi connectivity index (χ0) is 19.3. The van der Waals surface area contributed by atoms with Gasteiger partial charge in [-0.1, -0.05) is 17.7 Å². The van der Waals surface area contributed by atoms with Crippen molar-refractivity contribution in [1.82, 2.24) is 0 Å². The molecule has 0 fully saturated rings. The summed E-state index contributed by atoms with van der Waals surface area (Å²) in [4.78, 5) is 23.5. The highest BCUT2D eigenvalue weighted by molar-refractivity contribution is 8.08. The van der Waals surface area contributed by atoms with E-state index in [1.54, 1.807) is 45.0 Å². The number of anilines is 1. The van der Waals surface area contributed by atoms with E-state index in [1.807, 2.05) is 6.92 Å². The largest absolute Gasteiger partial charge is 0.464 e. The van der Waals surface area contributed by atoms with Crippen LogP contribution >= 0.6 is 0 Å². The van der Waals surface area contributed by atoms with Crippen LogP contribution in [0.2, 0.25) is 0 Å². The predicted molar refractivity (Wildman–Crippen MR) is 93.9 cm³/mol. The molecule has 0 aliphatic rings. The Labute approximate surface area is 147 Å². The van der Waals surface area contributed by atoms with Crippen LogP contribution < -0.4 is 5.43 Å². The molecule has 0 heterocycles. The average Bonchev–Trinajstić information content (AvgIpc) is 2.46. The minimum absolute atomic E-state index is 0.472. The molecule has 0 amide bonds. The molecule has 9 heteroatoms. The minimum Gasteiger partial charge on any atom is -0.464 e. The van der Waals surface area contributed by atoms with Gasteiger partial charge in [-0.2, -0.15) is 5.10 Å². The first kappa shape index (κ1) is 20.6. The van der Waals surface area contributed by atoms with Crippen LogP contribution in [0.3, 0.4) is 0 Å². The van der Waals surface area contributed by atoms with Crippen molar-refractivity contribution in [3.63, 3.8) is 0 Å². The Kier molecular flexibility index (Phi) is 6.69. The monoisotopic (exact) mass is 370 g/mol. The number of carbonyl (C=O) groups is 2. The number of hydrogen-bond acceptors (Lipinski definition) is 8. The molecule has 0 unspecified atom stereocenters. The molecule has 1 N–H and O–H groups in total. The lowest BCUT2D eigenvalue weighted by Gasteiger charge is -2.19. The average molecular weight is 370 g/mol. The van der Waals surface area contributed by atoms with Crippen LogP contribution in [0.1, 0.15) is 26.3 Å². The van der Waals surface area contributed by atoms with E-state index in [-0.39, 0.29) is 0 Å². The molecular formula is C16H22N2O6S. The van der Waals surface area contributed by atoms with Gasteiger partial charge in [0.1, 0.15) is 5.60 Å². The fraction of sp³-hybridized carbons (Fsp3) is 0.438. The summed E-state index contributed by atoms with van der Waals surface area (Å²) in [5.41, 5.74) is 3.09. The molecule has 0 saturated carbocycles. The van der Waals surface area contributed by atoms with Gasteiger partial charge in [0.15, 0.2) is 5.75 Å². The molecular weight excluding hydrogens is 348 g/mol. The van der Waals surface area contributed by atoms with Crippen LogP contribution in [0.4, 0.5) is 5.69 Å². The van der Waals surface area contributed by atoms with E-state index < -0.39 is 38.2 Å². The zero-order valence-corrected chi connectivity index (χ0v) is 15.6. The van der Waals surface area contributed by atoms with Crippen molar-refractivity contribution in [2.45, 2.75) is 33.3 Å². The Morgan fingerprint density at radius 2 is 1.72 bits per heavy atom. The van der Waals surface area contributed by atoms with Crippen molar-refractivity contribution in [2.75, 3.05) is 18.3 Å². The maximum absolute atomic E-state index is 12.3. The highest BCUT2D eigenvalue weighted by Crippen LogP contribution is 2.11. The molecule has 138 valence electrons. The molecule has 1 rings (SSSR count). The summed E-state index contributed by atoms with van der Waals surface area (Å²) < 4.78 is 34.1. The lowest BCUT2D eigenvalue weighted by atomic mass is 10.2. The molecule has 0 atom stereocenters. The van der Waals surface area contributed by atoms with Gasteiger partial charge < -0.3 is 9.47 Å². The van der Waals surface area contributed by atoms with Gasteiger partial charge in [-0.15, -0.1) is 0 Å². The number of hydrazone groups is 1. The van der Waals surface area contributed by atoms with E-state index in [1.165, 1.54) is 0 Å². The molecule has 1 aromatic rings. The molecule has 0 aliphatic heterocycles. The third-order valence-electron chi connectivity index (χ3n) is 2.72. The van der Waals surface area contributed by atoms with Gasteiger partial charge in [-0.25, -0.2) is 13.2 Å². The maximum atomic E-state index is 12.3. The van der Waals surface area contributed by atoms with E-state index in [0.717, 1.165) is 12.7 Å². The number of hydrogen-bond donors (Lipinski definition) is 1. The molecule has 0 radical (unpaired) electrons. The number of carbonyl (C=O) groups excluding carboxylic acids is 2. The molecule has 1 aromatic carbocycles. The van der Waals surface area contributed by atoms with Gasteiger partial charge in [-0.3, -0.25) is 10.2 Å². The van der Waals surface area contributed by atoms with Crippen LogP contribution in [-0.4, -0.2) is 43.9 Å². The molecule has 0 spiro atoms. The third kappa shape index (κ3) is 6.92. The lowest BCUT2D eigenvalue weighted by molar-refractivity contribution is -0.151. The second-order valence-electron chi connectivity index (χ2n) is 6.23. The number of methoxy groups -OCH3 is 1. The Bertz CT molecular complexity index is 761. The summed E-state index contributed by atoms with van der Waals surface area (Å²) in [5.74, 6) is -3.18. The maximum Gasteiger partial charge on any atom is 0.370 e. The van der Waals surface area contributed by atoms with Crippen LogP contribution in [-0.2, 0) is 28.9 Å². The molecule has 0 aliphatic carbocycles. The summed E-state index contributed by atoms with van der Waals surface area (Å²) in [6.07, 6.45) is 0. The van der Waals surface area contributed by atoms with Crippen LogP contribution in [0.5, 0.6) is 0 Å². The van der Waals surface area contributed by atoms with Gasteiger partial charge >= 0.3 is 11.9 Å². The smallest absolute Gasteiger partial charge is 0.370 e. The lowest BCUT2D eigenvalue weighted by Crippen LogP contribution is -2.35. The Morgan fingerprint density at radius 1 is 1.16 bits per heavy atom. The number of rotatable bonds is 4. The van der Waals surface area contributed by atoms with E-state index >= 15 is 0 Å². The molecule has 0 saturated heterocycles. The SMILES string of the molecule is COC(=O)/C(=N/Nc1ccc(C)cc1)S(=O)(=O)CC(=O)OC(C)(C)C. The number of nitrogens with one attached hydrogen (secondary N) is 1. The Hall–Kier alpha value is -2.42. The highest BCUT2D eigenvalue weighted by atomic mass is 32.2. The first-order valence-corrected chi connectivity index (χ1v) is 9.03.